The summed E-state index contributed by atoms with van der Waals surface area (Å²) < 4.78 is 3.90. The molecule has 1 aromatic rings. The SMILES string of the molecule is CC(=O)NCC1CCN(Cc2nnsc2NN)CC1. The minimum absolute atomic E-state index is 0.0506. The van der Waals surface area contributed by atoms with E-state index in [2.05, 4.69) is 25.2 Å². The summed E-state index contributed by atoms with van der Waals surface area (Å²) in [6.07, 6.45) is 2.20. The number of piperidine rings is 1. The molecule has 106 valence electrons. The van der Waals surface area contributed by atoms with Crippen molar-refractivity contribution in [3.05, 3.63) is 5.69 Å². The molecule has 0 saturated carbocycles. The fourth-order valence-electron chi connectivity index (χ4n) is 2.27. The number of anilines is 1. The number of carbonyl (C=O) groups is 1. The van der Waals surface area contributed by atoms with Crippen LogP contribution in [-0.2, 0) is 11.3 Å². The lowest BCUT2D eigenvalue weighted by molar-refractivity contribution is -0.119. The standard InChI is InChI=1S/C11H20N6OS/c1-8(18)13-6-9-2-4-17(5-3-9)7-10-11(14-12)19-16-15-10/h9,14H,2-7,12H2,1H3,(H,13,18). The summed E-state index contributed by atoms with van der Waals surface area (Å²) in [7, 11) is 0. The number of hydrazine groups is 1. The van der Waals surface area contributed by atoms with Crippen LogP contribution in [-0.4, -0.2) is 40.0 Å². The van der Waals surface area contributed by atoms with Crippen LogP contribution in [0, 0.1) is 5.92 Å². The van der Waals surface area contributed by atoms with Crippen molar-refractivity contribution < 1.29 is 4.79 Å². The molecule has 1 aliphatic rings. The molecule has 1 fully saturated rings. The van der Waals surface area contributed by atoms with Crippen molar-refractivity contribution in [3.63, 3.8) is 0 Å². The van der Waals surface area contributed by atoms with Crippen LogP contribution in [0.4, 0.5) is 5.00 Å². The van der Waals surface area contributed by atoms with Crippen molar-refractivity contribution in [2.45, 2.75) is 26.3 Å². The molecule has 8 heteroatoms. The van der Waals surface area contributed by atoms with E-state index >= 15 is 0 Å². The average Bonchev–Trinajstić information content (AvgIpc) is 2.85. The number of hydrogen-bond acceptors (Lipinski definition) is 7. The predicted octanol–water partition coefficient (Wildman–Crippen LogP) is 0.172. The Morgan fingerprint density at radius 1 is 1.53 bits per heavy atom. The summed E-state index contributed by atoms with van der Waals surface area (Å²) in [6.45, 7) is 5.17. The lowest BCUT2D eigenvalue weighted by atomic mass is 9.96. The minimum atomic E-state index is 0.0506. The molecule has 1 saturated heterocycles. The molecule has 7 nitrogen and oxygen atoms in total. The topological polar surface area (TPSA) is 96.2 Å². The van der Waals surface area contributed by atoms with E-state index in [0.717, 1.165) is 49.7 Å². The molecule has 4 N–H and O–H groups in total. The average molecular weight is 284 g/mol. The third kappa shape index (κ3) is 4.12. The van der Waals surface area contributed by atoms with E-state index in [-0.39, 0.29) is 5.91 Å². The van der Waals surface area contributed by atoms with Crippen LogP contribution in [0.3, 0.4) is 0 Å². The van der Waals surface area contributed by atoms with Gasteiger partial charge in [0.05, 0.1) is 0 Å². The highest BCUT2D eigenvalue weighted by molar-refractivity contribution is 7.10. The van der Waals surface area contributed by atoms with E-state index in [4.69, 9.17) is 5.84 Å². The van der Waals surface area contributed by atoms with Gasteiger partial charge < -0.3 is 10.7 Å². The molecule has 0 bridgehead atoms. The first kappa shape index (κ1) is 14.2. The first-order valence-electron chi connectivity index (χ1n) is 6.43. The van der Waals surface area contributed by atoms with Gasteiger partial charge >= 0.3 is 0 Å². The maximum atomic E-state index is 10.9. The van der Waals surface area contributed by atoms with E-state index in [0.29, 0.717) is 5.92 Å². The number of likely N-dealkylation sites (tertiary alicyclic amines) is 1. The zero-order valence-electron chi connectivity index (χ0n) is 11.1. The van der Waals surface area contributed by atoms with Gasteiger partial charge in [-0.2, -0.15) is 0 Å². The Bertz CT molecular complexity index is 415. The molecule has 0 aromatic carbocycles. The largest absolute Gasteiger partial charge is 0.356 e. The smallest absolute Gasteiger partial charge is 0.216 e. The predicted molar refractivity (Wildman–Crippen MR) is 74.4 cm³/mol. The van der Waals surface area contributed by atoms with E-state index in [1.165, 1.54) is 11.5 Å². The van der Waals surface area contributed by atoms with Crippen molar-refractivity contribution in [2.24, 2.45) is 11.8 Å². The Morgan fingerprint density at radius 3 is 2.89 bits per heavy atom. The van der Waals surface area contributed by atoms with Crippen molar-refractivity contribution in [3.8, 4) is 0 Å². The Labute approximate surface area is 116 Å². The summed E-state index contributed by atoms with van der Waals surface area (Å²) in [5, 5.41) is 7.81. The molecule has 19 heavy (non-hydrogen) atoms. The Hall–Kier alpha value is -1.25. The van der Waals surface area contributed by atoms with Gasteiger partial charge in [0.25, 0.3) is 0 Å². The van der Waals surface area contributed by atoms with Gasteiger partial charge in [-0.3, -0.25) is 9.69 Å². The summed E-state index contributed by atoms with van der Waals surface area (Å²) in [4.78, 5) is 13.2. The second-order valence-electron chi connectivity index (χ2n) is 4.85. The summed E-state index contributed by atoms with van der Waals surface area (Å²) in [6, 6.07) is 0. The van der Waals surface area contributed by atoms with Crippen LogP contribution in [0.2, 0.25) is 0 Å². The van der Waals surface area contributed by atoms with Gasteiger partial charge in [0, 0.05) is 31.5 Å². The number of nitrogens with two attached hydrogens (primary N) is 1. The van der Waals surface area contributed by atoms with Gasteiger partial charge in [-0.15, -0.1) is 5.10 Å². The lowest BCUT2D eigenvalue weighted by Gasteiger charge is -2.31. The highest BCUT2D eigenvalue weighted by Gasteiger charge is 2.21. The molecule has 1 amide bonds. The third-order valence-corrected chi connectivity index (χ3v) is 4.11. The molecule has 1 aliphatic heterocycles. The monoisotopic (exact) mass is 284 g/mol. The highest BCUT2D eigenvalue weighted by Crippen LogP contribution is 2.22. The summed E-state index contributed by atoms with van der Waals surface area (Å²) in [5.74, 6) is 6.05. The Morgan fingerprint density at radius 2 is 2.26 bits per heavy atom. The minimum Gasteiger partial charge on any atom is -0.356 e. The number of nitrogens with one attached hydrogen (secondary N) is 2. The molecular weight excluding hydrogens is 264 g/mol. The summed E-state index contributed by atoms with van der Waals surface area (Å²) >= 11 is 1.28. The van der Waals surface area contributed by atoms with E-state index in [1.807, 2.05) is 0 Å². The van der Waals surface area contributed by atoms with Crippen LogP contribution in [0.1, 0.15) is 25.5 Å². The Kier molecular flexibility index (Phi) is 5.06. The van der Waals surface area contributed by atoms with Crippen LogP contribution in [0.5, 0.6) is 0 Å². The molecular formula is C11H20N6OS. The number of rotatable bonds is 5. The number of hydrogen-bond donors (Lipinski definition) is 3. The van der Waals surface area contributed by atoms with Crippen molar-refractivity contribution in [1.29, 1.82) is 0 Å². The molecule has 0 spiro atoms. The molecule has 0 atom stereocenters. The quantitative estimate of drug-likeness (QED) is 0.527. The number of aromatic nitrogens is 2. The highest BCUT2D eigenvalue weighted by atomic mass is 32.1. The van der Waals surface area contributed by atoms with Gasteiger partial charge in [-0.25, -0.2) is 5.84 Å². The first-order chi connectivity index (χ1) is 9.19. The van der Waals surface area contributed by atoms with Gasteiger partial charge in [0.2, 0.25) is 5.91 Å². The second kappa shape index (κ2) is 6.78. The van der Waals surface area contributed by atoms with E-state index in [9.17, 15) is 4.79 Å². The van der Waals surface area contributed by atoms with E-state index < -0.39 is 0 Å². The van der Waals surface area contributed by atoms with Gasteiger partial charge in [-0.1, -0.05) is 4.49 Å². The number of nitrogens with zero attached hydrogens (tertiary/aromatic N) is 3. The molecule has 1 aromatic heterocycles. The first-order valence-corrected chi connectivity index (χ1v) is 7.21. The number of amides is 1. The van der Waals surface area contributed by atoms with Crippen LogP contribution in [0.15, 0.2) is 0 Å². The van der Waals surface area contributed by atoms with Gasteiger partial charge in [-0.05, 0) is 31.8 Å². The van der Waals surface area contributed by atoms with Crippen LogP contribution < -0.4 is 16.6 Å². The number of carbonyl (C=O) groups excluding carboxylic acids is 1. The summed E-state index contributed by atoms with van der Waals surface area (Å²) in [5.41, 5.74) is 3.54. The fraction of sp³-hybridized carbons (Fsp3) is 0.727. The van der Waals surface area contributed by atoms with Gasteiger partial charge in [0.15, 0.2) is 0 Å². The van der Waals surface area contributed by atoms with Crippen LogP contribution in [0.25, 0.3) is 0 Å². The zero-order valence-corrected chi connectivity index (χ0v) is 11.9. The molecule has 0 radical (unpaired) electrons. The van der Waals surface area contributed by atoms with Crippen LogP contribution >= 0.6 is 11.5 Å². The number of nitrogen functional groups attached to an aromatic ring is 1. The third-order valence-electron chi connectivity index (χ3n) is 3.41. The van der Waals surface area contributed by atoms with Crippen molar-refractivity contribution in [1.82, 2.24) is 19.8 Å². The van der Waals surface area contributed by atoms with Gasteiger partial charge in [0.1, 0.15) is 10.7 Å². The second-order valence-corrected chi connectivity index (χ2v) is 5.60. The van der Waals surface area contributed by atoms with E-state index in [1.54, 1.807) is 6.92 Å². The van der Waals surface area contributed by atoms with Crippen molar-refractivity contribution in [2.75, 3.05) is 25.1 Å². The molecule has 2 heterocycles. The maximum Gasteiger partial charge on any atom is 0.216 e. The lowest BCUT2D eigenvalue weighted by Crippen LogP contribution is -2.38. The van der Waals surface area contributed by atoms with Crippen molar-refractivity contribution >= 4 is 22.4 Å². The molecule has 2 rings (SSSR count). The Balaban J connectivity index is 1.76. The molecule has 0 aliphatic carbocycles. The molecule has 0 unspecified atom stereocenters. The zero-order chi connectivity index (χ0) is 13.7. The normalized spacial score (nSPS) is 17.4. The fourth-order valence-corrected chi connectivity index (χ4v) is 2.75. The maximum absolute atomic E-state index is 10.9.